The molecule has 1 aromatic rings. The van der Waals surface area contributed by atoms with E-state index in [4.69, 9.17) is 10.5 Å². The number of rotatable bonds is 4. The van der Waals surface area contributed by atoms with Gasteiger partial charge >= 0.3 is 0 Å². The van der Waals surface area contributed by atoms with Crippen molar-refractivity contribution in [1.82, 2.24) is 15.0 Å². The van der Waals surface area contributed by atoms with Crippen molar-refractivity contribution in [3.8, 4) is 0 Å². The van der Waals surface area contributed by atoms with Gasteiger partial charge in [-0.3, -0.25) is 0 Å². The fraction of sp³-hybridized carbons (Fsp3) is 0.769. The first-order chi connectivity index (χ1) is 8.23. The third-order valence-electron chi connectivity index (χ3n) is 2.93. The molecule has 0 aliphatic rings. The second-order valence-electron chi connectivity index (χ2n) is 5.61. The van der Waals surface area contributed by atoms with Crippen LogP contribution in [0.5, 0.6) is 0 Å². The molecule has 0 fully saturated rings. The lowest BCUT2D eigenvalue weighted by Crippen LogP contribution is -2.31. The maximum atomic E-state index is 5.79. The van der Waals surface area contributed by atoms with Crippen molar-refractivity contribution in [2.45, 2.75) is 59.0 Å². The maximum absolute atomic E-state index is 5.79. The van der Waals surface area contributed by atoms with Crippen molar-refractivity contribution < 1.29 is 4.74 Å². The third-order valence-corrected chi connectivity index (χ3v) is 2.93. The monoisotopic (exact) mass is 252 g/mol. The van der Waals surface area contributed by atoms with Crippen LogP contribution in [0.15, 0.2) is 0 Å². The third kappa shape index (κ3) is 3.16. The van der Waals surface area contributed by atoms with Crippen LogP contribution in [0.25, 0.3) is 0 Å². The molecule has 0 saturated heterocycles. The minimum atomic E-state index is -0.508. The highest BCUT2D eigenvalue weighted by atomic mass is 16.5. The molecule has 18 heavy (non-hydrogen) atoms. The molecule has 1 unspecified atom stereocenters. The summed E-state index contributed by atoms with van der Waals surface area (Å²) in [6.45, 7) is 12.8. The molecule has 0 amide bonds. The quantitative estimate of drug-likeness (QED) is 0.890. The number of anilines is 1. The summed E-state index contributed by atoms with van der Waals surface area (Å²) in [6.07, 6.45) is 0.786. The zero-order valence-electron chi connectivity index (χ0n) is 12.2. The Morgan fingerprint density at radius 3 is 2.00 bits per heavy atom. The molecule has 5 nitrogen and oxygen atoms in total. The normalized spacial score (nSPS) is 15.4. The van der Waals surface area contributed by atoms with Gasteiger partial charge in [0.05, 0.1) is 0 Å². The molecule has 1 rings (SSSR count). The summed E-state index contributed by atoms with van der Waals surface area (Å²) in [6, 6.07) is 0. The minimum Gasteiger partial charge on any atom is -0.368 e. The van der Waals surface area contributed by atoms with Gasteiger partial charge in [-0.25, -0.2) is 4.98 Å². The molecule has 1 aromatic heterocycles. The largest absolute Gasteiger partial charge is 0.368 e. The van der Waals surface area contributed by atoms with Crippen LogP contribution in [0, 0.1) is 0 Å². The topological polar surface area (TPSA) is 73.9 Å². The van der Waals surface area contributed by atoms with Gasteiger partial charge in [-0.1, -0.05) is 27.7 Å². The molecule has 102 valence electrons. The Bertz CT molecular complexity index is 414. The van der Waals surface area contributed by atoms with Crippen molar-refractivity contribution in [3.05, 3.63) is 11.6 Å². The van der Waals surface area contributed by atoms with Gasteiger partial charge < -0.3 is 10.5 Å². The predicted molar refractivity (Wildman–Crippen MR) is 72.2 cm³/mol. The lowest BCUT2D eigenvalue weighted by Gasteiger charge is -2.28. The molecule has 0 aromatic carbocycles. The zero-order valence-corrected chi connectivity index (χ0v) is 12.2. The van der Waals surface area contributed by atoms with Gasteiger partial charge in [-0.2, -0.15) is 9.97 Å². The summed E-state index contributed by atoms with van der Waals surface area (Å²) in [5, 5.41) is 0. The Balaban J connectivity index is 3.28. The molecule has 0 saturated carbocycles. The van der Waals surface area contributed by atoms with Gasteiger partial charge in [0.25, 0.3) is 0 Å². The first kappa shape index (κ1) is 14.8. The Labute approximate surface area is 109 Å². The van der Waals surface area contributed by atoms with Crippen LogP contribution in [0.1, 0.15) is 59.6 Å². The Hall–Kier alpha value is -1.23. The number of nitrogens with zero attached hydrogens (tertiary/aromatic N) is 3. The fourth-order valence-corrected chi connectivity index (χ4v) is 1.61. The molecular weight excluding hydrogens is 228 g/mol. The van der Waals surface area contributed by atoms with Gasteiger partial charge in [0, 0.05) is 12.0 Å². The number of hydrogen-bond acceptors (Lipinski definition) is 5. The Kier molecular flexibility index (Phi) is 4.27. The summed E-state index contributed by atoms with van der Waals surface area (Å²) in [7, 11) is 0. The molecule has 2 N–H and O–H groups in total. The van der Waals surface area contributed by atoms with E-state index in [-0.39, 0.29) is 11.4 Å². The van der Waals surface area contributed by atoms with Crippen LogP contribution in [-0.2, 0) is 15.8 Å². The van der Waals surface area contributed by atoms with Crippen molar-refractivity contribution in [2.24, 2.45) is 0 Å². The van der Waals surface area contributed by atoms with E-state index in [9.17, 15) is 0 Å². The summed E-state index contributed by atoms with van der Waals surface area (Å²) in [4.78, 5) is 13.0. The second kappa shape index (κ2) is 5.18. The van der Waals surface area contributed by atoms with E-state index < -0.39 is 5.60 Å². The molecule has 5 heteroatoms. The summed E-state index contributed by atoms with van der Waals surface area (Å²) < 4.78 is 5.78. The molecule has 0 bridgehead atoms. The van der Waals surface area contributed by atoms with E-state index in [2.05, 4.69) is 35.7 Å². The summed E-state index contributed by atoms with van der Waals surface area (Å²) in [5.41, 5.74) is 5.12. The summed E-state index contributed by atoms with van der Waals surface area (Å²) in [5.74, 6) is 1.57. The standard InChI is InChI=1S/C13H24N4O/c1-7-13(6,18-8-2)10-15-9(12(3,4)5)16-11(14)17-10/h7-8H2,1-6H3,(H2,14,15,16,17). The van der Waals surface area contributed by atoms with Gasteiger partial charge in [0.15, 0.2) is 5.82 Å². The summed E-state index contributed by atoms with van der Waals surface area (Å²) >= 11 is 0. The number of hydrogen-bond donors (Lipinski definition) is 1. The van der Waals surface area contributed by atoms with Crippen molar-refractivity contribution >= 4 is 5.95 Å². The van der Waals surface area contributed by atoms with Gasteiger partial charge in [0.1, 0.15) is 11.4 Å². The molecular formula is C13H24N4O. The van der Waals surface area contributed by atoms with E-state index in [0.29, 0.717) is 18.3 Å². The molecule has 0 aliphatic heterocycles. The number of aromatic nitrogens is 3. The van der Waals surface area contributed by atoms with Crippen molar-refractivity contribution in [2.75, 3.05) is 12.3 Å². The first-order valence-electron chi connectivity index (χ1n) is 6.39. The first-order valence-corrected chi connectivity index (χ1v) is 6.39. The van der Waals surface area contributed by atoms with Crippen LogP contribution >= 0.6 is 0 Å². The fourth-order valence-electron chi connectivity index (χ4n) is 1.61. The predicted octanol–water partition coefficient (Wildman–Crippen LogP) is 2.41. The van der Waals surface area contributed by atoms with Gasteiger partial charge in [0.2, 0.25) is 5.95 Å². The van der Waals surface area contributed by atoms with Crippen LogP contribution in [0.2, 0.25) is 0 Å². The molecule has 1 heterocycles. The highest BCUT2D eigenvalue weighted by Gasteiger charge is 2.31. The van der Waals surface area contributed by atoms with Crippen LogP contribution in [0.3, 0.4) is 0 Å². The average Bonchev–Trinajstić information content (AvgIpc) is 2.27. The number of nitrogen functional groups attached to an aromatic ring is 1. The maximum Gasteiger partial charge on any atom is 0.223 e. The van der Waals surface area contributed by atoms with Gasteiger partial charge in [-0.15, -0.1) is 0 Å². The van der Waals surface area contributed by atoms with E-state index in [1.54, 1.807) is 0 Å². The second-order valence-corrected chi connectivity index (χ2v) is 5.61. The molecule has 0 aliphatic carbocycles. The lowest BCUT2D eigenvalue weighted by atomic mass is 9.95. The van der Waals surface area contributed by atoms with E-state index in [1.165, 1.54) is 0 Å². The number of ether oxygens (including phenoxy) is 1. The number of nitrogens with two attached hydrogens (primary N) is 1. The molecule has 0 radical (unpaired) electrons. The lowest BCUT2D eigenvalue weighted by molar-refractivity contribution is -0.0393. The Morgan fingerprint density at radius 2 is 1.56 bits per heavy atom. The van der Waals surface area contributed by atoms with Crippen molar-refractivity contribution in [3.63, 3.8) is 0 Å². The molecule has 0 spiro atoms. The van der Waals surface area contributed by atoms with Gasteiger partial charge in [-0.05, 0) is 20.3 Å². The highest BCUT2D eigenvalue weighted by Crippen LogP contribution is 2.28. The van der Waals surface area contributed by atoms with Crippen LogP contribution < -0.4 is 5.73 Å². The zero-order chi connectivity index (χ0) is 14.0. The van der Waals surface area contributed by atoms with E-state index >= 15 is 0 Å². The smallest absolute Gasteiger partial charge is 0.223 e. The van der Waals surface area contributed by atoms with Crippen molar-refractivity contribution in [1.29, 1.82) is 0 Å². The minimum absolute atomic E-state index is 0.160. The SMILES string of the molecule is CCOC(C)(CC)c1nc(N)nc(C(C)(C)C)n1. The van der Waals surface area contributed by atoms with Crippen LogP contribution in [-0.4, -0.2) is 21.6 Å². The Morgan fingerprint density at radius 1 is 1.00 bits per heavy atom. The average molecular weight is 252 g/mol. The van der Waals surface area contributed by atoms with E-state index in [1.807, 2.05) is 20.8 Å². The highest BCUT2D eigenvalue weighted by molar-refractivity contribution is 5.21. The van der Waals surface area contributed by atoms with Crippen LogP contribution in [0.4, 0.5) is 5.95 Å². The molecule has 1 atom stereocenters. The van der Waals surface area contributed by atoms with E-state index in [0.717, 1.165) is 6.42 Å².